The zero-order valence-electron chi connectivity index (χ0n) is 22.5. The Balaban J connectivity index is 3.21. The molecule has 0 aliphatic rings. The number of amides is 5. The maximum absolute atomic E-state index is 13.2. The molecule has 222 valence electrons. The van der Waals surface area contributed by atoms with Crippen molar-refractivity contribution in [2.24, 2.45) is 11.5 Å². The predicted molar refractivity (Wildman–Crippen MR) is 141 cm³/mol. The second kappa shape index (κ2) is 16.0. The van der Waals surface area contributed by atoms with Gasteiger partial charge in [-0.1, -0.05) is 26.0 Å². The quantitative estimate of drug-likeness (QED) is 0.100. The molecule has 0 bridgehead atoms. The van der Waals surface area contributed by atoms with Crippen molar-refractivity contribution in [2.45, 2.75) is 82.8 Å². The molecule has 1 rings (SSSR count). The van der Waals surface area contributed by atoms with Crippen LogP contribution in [0, 0.1) is 0 Å². The highest BCUT2D eigenvalue weighted by atomic mass is 16.4. The smallest absolute Gasteiger partial charge is 0.326 e. The predicted octanol–water partition coefficient (Wildman–Crippen LogP) is -2.64. The Morgan fingerprint density at radius 3 is 1.80 bits per heavy atom. The van der Waals surface area contributed by atoms with Crippen LogP contribution in [0.1, 0.15) is 45.6 Å². The summed E-state index contributed by atoms with van der Waals surface area (Å²) < 4.78 is 0. The van der Waals surface area contributed by atoms with E-state index in [1.165, 1.54) is 38.1 Å². The number of aliphatic hydroxyl groups excluding tert-OH is 1. The first-order valence-electron chi connectivity index (χ1n) is 12.6. The molecule has 1 aromatic carbocycles. The van der Waals surface area contributed by atoms with Crippen molar-refractivity contribution in [1.82, 2.24) is 21.3 Å². The van der Waals surface area contributed by atoms with Gasteiger partial charge in [0, 0.05) is 6.42 Å². The van der Waals surface area contributed by atoms with Crippen molar-refractivity contribution in [2.75, 3.05) is 0 Å². The number of aliphatic hydroxyl groups is 1. The summed E-state index contributed by atoms with van der Waals surface area (Å²) in [5.74, 6) is -5.95. The Labute approximate surface area is 231 Å². The van der Waals surface area contributed by atoms with Gasteiger partial charge in [0.2, 0.25) is 29.5 Å². The molecule has 0 heterocycles. The van der Waals surface area contributed by atoms with Gasteiger partial charge in [-0.25, -0.2) is 4.79 Å². The van der Waals surface area contributed by atoms with Crippen LogP contribution in [-0.2, 0) is 35.2 Å². The molecule has 1 aromatic rings. The van der Waals surface area contributed by atoms with Gasteiger partial charge >= 0.3 is 5.97 Å². The van der Waals surface area contributed by atoms with Gasteiger partial charge in [0.1, 0.15) is 29.9 Å². The number of hydrogen-bond donors (Lipinski definition) is 9. The van der Waals surface area contributed by atoms with Gasteiger partial charge in [-0.15, -0.1) is 0 Å². The molecule has 40 heavy (non-hydrogen) atoms. The van der Waals surface area contributed by atoms with Crippen LogP contribution < -0.4 is 32.7 Å². The lowest BCUT2D eigenvalue weighted by atomic mass is 10.0. The molecule has 0 aliphatic heterocycles. The van der Waals surface area contributed by atoms with Gasteiger partial charge < -0.3 is 48.1 Å². The molecule has 15 heteroatoms. The molecule has 15 nitrogen and oxygen atoms in total. The Morgan fingerprint density at radius 2 is 1.32 bits per heavy atom. The molecule has 0 unspecified atom stereocenters. The standard InChI is InChI=1S/C25H38N6O9/c1-4-15(26)21(35)31-20(12(3)32)24(38)30-18(11-19(27)34)23(37)29-17(10-13-6-8-14(33)9-7-13)22(36)28-16(5-2)25(39)40/h6-9,12,15-18,20,32-33H,4-5,10-11,26H2,1-3H3,(H2,27,34)(H,28,36)(H,29,37)(H,30,38)(H,31,35)(H,39,40)/t12-,15+,16+,17+,18+,20+/m1/s1. The molecule has 11 N–H and O–H groups in total. The van der Waals surface area contributed by atoms with Crippen LogP contribution >= 0.6 is 0 Å². The molecule has 5 amide bonds. The van der Waals surface area contributed by atoms with Crippen molar-refractivity contribution >= 4 is 35.5 Å². The number of nitrogens with two attached hydrogens (primary N) is 2. The van der Waals surface area contributed by atoms with Gasteiger partial charge in [0.25, 0.3) is 0 Å². The van der Waals surface area contributed by atoms with Crippen LogP contribution in [0.3, 0.4) is 0 Å². The highest BCUT2D eigenvalue weighted by Crippen LogP contribution is 2.12. The van der Waals surface area contributed by atoms with Crippen molar-refractivity contribution in [3.05, 3.63) is 29.8 Å². The molecule has 0 aliphatic carbocycles. The van der Waals surface area contributed by atoms with Crippen LogP contribution in [0.4, 0.5) is 0 Å². The first-order valence-corrected chi connectivity index (χ1v) is 12.6. The van der Waals surface area contributed by atoms with E-state index in [1.54, 1.807) is 6.92 Å². The summed E-state index contributed by atoms with van der Waals surface area (Å²) in [5.41, 5.74) is 11.4. The highest BCUT2D eigenvalue weighted by molar-refractivity contribution is 5.97. The fraction of sp³-hybridized carbons (Fsp3) is 0.520. The molecular formula is C25H38N6O9. The summed E-state index contributed by atoms with van der Waals surface area (Å²) in [7, 11) is 0. The first kappa shape index (κ1) is 33.8. The van der Waals surface area contributed by atoms with E-state index in [2.05, 4.69) is 21.3 Å². The molecule has 0 saturated heterocycles. The number of carboxylic acids is 1. The minimum atomic E-state index is -1.63. The van der Waals surface area contributed by atoms with Crippen molar-refractivity contribution in [1.29, 1.82) is 0 Å². The fourth-order valence-electron chi connectivity index (χ4n) is 3.48. The highest BCUT2D eigenvalue weighted by Gasteiger charge is 2.33. The zero-order valence-corrected chi connectivity index (χ0v) is 22.5. The largest absolute Gasteiger partial charge is 0.508 e. The molecule has 6 atom stereocenters. The molecule has 0 saturated carbocycles. The Kier molecular flexibility index (Phi) is 13.5. The van der Waals surface area contributed by atoms with Crippen LogP contribution in [0.2, 0.25) is 0 Å². The maximum Gasteiger partial charge on any atom is 0.326 e. The number of benzene rings is 1. The van der Waals surface area contributed by atoms with Gasteiger partial charge in [0.05, 0.1) is 18.6 Å². The number of aliphatic carboxylic acids is 1. The third kappa shape index (κ3) is 10.9. The number of hydrogen-bond acceptors (Lipinski definition) is 9. The third-order valence-corrected chi connectivity index (χ3v) is 5.91. The molecule has 0 aromatic heterocycles. The monoisotopic (exact) mass is 566 g/mol. The third-order valence-electron chi connectivity index (χ3n) is 5.91. The summed E-state index contributed by atoms with van der Waals surface area (Å²) in [6.07, 6.45) is -1.97. The molecular weight excluding hydrogens is 528 g/mol. The van der Waals surface area contributed by atoms with Crippen molar-refractivity contribution in [3.63, 3.8) is 0 Å². The minimum Gasteiger partial charge on any atom is -0.508 e. The van der Waals surface area contributed by atoms with Crippen molar-refractivity contribution in [3.8, 4) is 5.75 Å². The number of phenols is 1. The van der Waals surface area contributed by atoms with Crippen LogP contribution in [0.15, 0.2) is 24.3 Å². The summed E-state index contributed by atoms with van der Waals surface area (Å²) in [4.78, 5) is 74.4. The van der Waals surface area contributed by atoms with Crippen LogP contribution in [0.5, 0.6) is 5.75 Å². The lowest BCUT2D eigenvalue weighted by molar-refractivity contribution is -0.142. The van der Waals surface area contributed by atoms with Gasteiger partial charge in [0.15, 0.2) is 0 Å². The van der Waals surface area contributed by atoms with E-state index in [4.69, 9.17) is 11.5 Å². The number of phenolic OH excluding ortho intramolecular Hbond substituents is 1. The number of nitrogens with one attached hydrogen (secondary N) is 4. The summed E-state index contributed by atoms with van der Waals surface area (Å²) in [6, 6.07) is -1.08. The summed E-state index contributed by atoms with van der Waals surface area (Å²) in [6.45, 7) is 4.39. The number of primary amides is 1. The molecule has 0 radical (unpaired) electrons. The van der Waals surface area contributed by atoms with E-state index >= 15 is 0 Å². The average molecular weight is 567 g/mol. The van der Waals surface area contributed by atoms with Crippen LogP contribution in [-0.4, -0.2) is 87.1 Å². The number of rotatable bonds is 16. The number of carboxylic acid groups (broad SMARTS) is 1. The van der Waals surface area contributed by atoms with Gasteiger partial charge in [-0.2, -0.15) is 0 Å². The van der Waals surface area contributed by atoms with E-state index in [0.717, 1.165) is 0 Å². The zero-order chi connectivity index (χ0) is 30.6. The summed E-state index contributed by atoms with van der Waals surface area (Å²) in [5, 5.41) is 38.1. The van der Waals surface area contributed by atoms with E-state index < -0.39 is 78.2 Å². The van der Waals surface area contributed by atoms with E-state index in [-0.39, 0.29) is 25.0 Å². The lowest BCUT2D eigenvalue weighted by Crippen LogP contribution is -2.61. The lowest BCUT2D eigenvalue weighted by Gasteiger charge is -2.27. The second-order valence-corrected chi connectivity index (χ2v) is 9.21. The Morgan fingerprint density at radius 1 is 0.800 bits per heavy atom. The van der Waals surface area contributed by atoms with Gasteiger partial charge in [-0.05, 0) is 37.5 Å². The van der Waals surface area contributed by atoms with Crippen molar-refractivity contribution < 1.29 is 44.1 Å². The topological polar surface area (TPSA) is 263 Å². The number of carbonyl (C=O) groups is 6. The number of aromatic hydroxyl groups is 1. The second-order valence-electron chi connectivity index (χ2n) is 9.21. The first-order chi connectivity index (χ1) is 18.7. The average Bonchev–Trinajstić information content (AvgIpc) is 2.88. The Bertz CT molecular complexity index is 1060. The molecule has 0 spiro atoms. The minimum absolute atomic E-state index is 0.0467. The Hall–Kier alpha value is -4.24. The summed E-state index contributed by atoms with van der Waals surface area (Å²) >= 11 is 0. The van der Waals surface area contributed by atoms with Gasteiger partial charge in [-0.3, -0.25) is 24.0 Å². The SMILES string of the molecule is CC[C@H](NC(=O)[C@H](Cc1ccc(O)cc1)NC(=O)[C@H](CC(N)=O)NC(=O)[C@@H](NC(=O)[C@@H](N)CC)[C@@H](C)O)C(=O)O. The molecule has 0 fully saturated rings. The van der Waals surface area contributed by atoms with Crippen LogP contribution in [0.25, 0.3) is 0 Å². The maximum atomic E-state index is 13.2. The van der Waals surface area contributed by atoms with E-state index in [9.17, 15) is 44.1 Å². The fourth-order valence-corrected chi connectivity index (χ4v) is 3.48. The van der Waals surface area contributed by atoms with E-state index in [0.29, 0.717) is 5.56 Å². The number of carbonyl (C=O) groups excluding carboxylic acids is 5. The normalized spacial score (nSPS) is 15.3. The van der Waals surface area contributed by atoms with E-state index in [1.807, 2.05) is 0 Å².